The van der Waals surface area contributed by atoms with Crippen LogP contribution in [0.4, 0.5) is 0 Å². The van der Waals surface area contributed by atoms with Gasteiger partial charge in [-0.1, -0.05) is 48.0 Å². The largest absolute Gasteiger partial charge is 0.493 e. The summed E-state index contributed by atoms with van der Waals surface area (Å²) >= 11 is 7.78. The normalized spacial score (nSPS) is 17.6. The van der Waals surface area contributed by atoms with Gasteiger partial charge < -0.3 is 14.6 Å². The van der Waals surface area contributed by atoms with Crippen molar-refractivity contribution in [3.05, 3.63) is 81.0 Å². The van der Waals surface area contributed by atoms with Crippen molar-refractivity contribution in [2.75, 3.05) is 20.2 Å². The smallest absolute Gasteiger partial charge is 0.307 e. The fourth-order valence-corrected chi connectivity index (χ4v) is 5.41. The first-order valence-corrected chi connectivity index (χ1v) is 11.8. The molecule has 5 nitrogen and oxygen atoms in total. The van der Waals surface area contributed by atoms with Crippen molar-refractivity contribution in [2.45, 2.75) is 25.5 Å². The summed E-state index contributed by atoms with van der Waals surface area (Å²) in [5.41, 5.74) is 2.11. The number of carboxylic acid groups (broad SMARTS) is 1. The molecule has 1 N–H and O–H groups in total. The van der Waals surface area contributed by atoms with Crippen LogP contribution in [0.25, 0.3) is 0 Å². The summed E-state index contributed by atoms with van der Waals surface area (Å²) in [5.74, 6) is 0.222. The predicted octanol–water partition coefficient (Wildman–Crippen LogP) is 5.88. The molecule has 7 heteroatoms. The van der Waals surface area contributed by atoms with E-state index in [0.29, 0.717) is 35.4 Å². The van der Waals surface area contributed by atoms with Gasteiger partial charge in [-0.15, -0.1) is 11.3 Å². The van der Waals surface area contributed by atoms with E-state index in [1.807, 2.05) is 60.7 Å². The highest BCUT2D eigenvalue weighted by atomic mass is 35.5. The highest BCUT2D eigenvalue weighted by molar-refractivity contribution is 7.16. The van der Waals surface area contributed by atoms with E-state index in [0.717, 1.165) is 29.0 Å². The minimum atomic E-state index is -0.736. The molecule has 1 fully saturated rings. The minimum absolute atomic E-state index is 0.0910. The monoisotopic (exact) mass is 471 g/mol. The Morgan fingerprint density at radius 1 is 1.19 bits per heavy atom. The number of piperidine rings is 1. The van der Waals surface area contributed by atoms with Gasteiger partial charge in [-0.25, -0.2) is 0 Å². The second-order valence-corrected chi connectivity index (χ2v) is 9.65. The highest BCUT2D eigenvalue weighted by Gasteiger charge is 2.32. The molecule has 2 atom stereocenters. The Bertz CT molecular complexity index is 1060. The standard InChI is InChI=1S/C25H26ClNO4S/c1-30-21-14-18(9-10-20(21)31-16-17-6-3-2-4-7-17)24(22-11-12-23(26)32-22)27-13-5-8-19(15-27)25(28)29/h2-4,6-7,9-12,14,19,24H,5,8,13,15-16H2,1H3,(H,28,29). The van der Waals surface area contributed by atoms with Crippen molar-refractivity contribution < 1.29 is 19.4 Å². The number of aliphatic carboxylic acids is 1. The number of carbonyl (C=O) groups is 1. The topological polar surface area (TPSA) is 59.0 Å². The van der Waals surface area contributed by atoms with Crippen molar-refractivity contribution in [2.24, 2.45) is 5.92 Å². The van der Waals surface area contributed by atoms with Crippen LogP contribution in [0.15, 0.2) is 60.7 Å². The molecule has 4 rings (SSSR count). The van der Waals surface area contributed by atoms with E-state index < -0.39 is 5.97 Å². The lowest BCUT2D eigenvalue weighted by Gasteiger charge is -2.37. The quantitative estimate of drug-likeness (QED) is 0.445. The molecule has 0 bridgehead atoms. The number of hydrogen-bond donors (Lipinski definition) is 1. The molecule has 1 aliphatic heterocycles. The van der Waals surface area contributed by atoms with E-state index in [1.165, 1.54) is 11.3 Å². The Labute approximate surface area is 197 Å². The second-order valence-electron chi connectivity index (χ2n) is 7.90. The van der Waals surface area contributed by atoms with Crippen LogP contribution in [0.3, 0.4) is 0 Å². The molecule has 0 saturated carbocycles. The molecule has 0 radical (unpaired) electrons. The predicted molar refractivity (Wildman–Crippen MR) is 127 cm³/mol. The molecule has 1 saturated heterocycles. The van der Waals surface area contributed by atoms with Crippen LogP contribution >= 0.6 is 22.9 Å². The van der Waals surface area contributed by atoms with E-state index in [-0.39, 0.29) is 12.0 Å². The average molecular weight is 472 g/mol. The molecule has 0 amide bonds. The first-order valence-electron chi connectivity index (χ1n) is 10.6. The number of benzene rings is 2. The lowest BCUT2D eigenvalue weighted by Crippen LogP contribution is -2.41. The van der Waals surface area contributed by atoms with Gasteiger partial charge in [0, 0.05) is 11.4 Å². The van der Waals surface area contributed by atoms with Crippen molar-refractivity contribution in [3.63, 3.8) is 0 Å². The number of methoxy groups -OCH3 is 1. The van der Waals surface area contributed by atoms with Gasteiger partial charge >= 0.3 is 5.97 Å². The fourth-order valence-electron chi connectivity index (χ4n) is 4.18. The zero-order chi connectivity index (χ0) is 22.5. The van der Waals surface area contributed by atoms with Crippen LogP contribution in [-0.4, -0.2) is 36.2 Å². The van der Waals surface area contributed by atoms with Crippen LogP contribution in [-0.2, 0) is 11.4 Å². The number of rotatable bonds is 8. The highest BCUT2D eigenvalue weighted by Crippen LogP contribution is 2.40. The molecular formula is C25H26ClNO4S. The summed E-state index contributed by atoms with van der Waals surface area (Å²) in [6, 6.07) is 19.8. The van der Waals surface area contributed by atoms with E-state index in [9.17, 15) is 9.90 Å². The van der Waals surface area contributed by atoms with Crippen LogP contribution in [0, 0.1) is 5.92 Å². The summed E-state index contributed by atoms with van der Waals surface area (Å²) in [4.78, 5) is 15.0. The zero-order valence-corrected chi connectivity index (χ0v) is 19.4. The summed E-state index contributed by atoms with van der Waals surface area (Å²) in [5, 5.41) is 9.57. The summed E-state index contributed by atoms with van der Waals surface area (Å²) in [7, 11) is 1.63. The van der Waals surface area contributed by atoms with E-state index >= 15 is 0 Å². The van der Waals surface area contributed by atoms with Crippen molar-refractivity contribution in [1.82, 2.24) is 4.90 Å². The minimum Gasteiger partial charge on any atom is -0.493 e. The number of halogens is 1. The van der Waals surface area contributed by atoms with Crippen LogP contribution in [0.2, 0.25) is 4.34 Å². The third-order valence-corrected chi connectivity index (χ3v) is 7.05. The first kappa shape index (κ1) is 22.6. The maximum Gasteiger partial charge on any atom is 0.307 e. The molecule has 1 aliphatic rings. The lowest BCUT2D eigenvalue weighted by atomic mass is 9.94. The molecule has 2 unspecified atom stereocenters. The average Bonchev–Trinajstić information content (AvgIpc) is 3.24. The molecule has 3 aromatic rings. The summed E-state index contributed by atoms with van der Waals surface area (Å²) in [6.07, 6.45) is 1.56. The number of hydrogen-bond acceptors (Lipinski definition) is 5. The Balaban J connectivity index is 1.62. The van der Waals surface area contributed by atoms with Gasteiger partial charge in [0.1, 0.15) is 6.61 Å². The van der Waals surface area contributed by atoms with E-state index in [1.54, 1.807) is 7.11 Å². The maximum absolute atomic E-state index is 11.7. The van der Waals surface area contributed by atoms with Gasteiger partial charge in [-0.3, -0.25) is 9.69 Å². The van der Waals surface area contributed by atoms with Crippen LogP contribution in [0.5, 0.6) is 11.5 Å². The molecular weight excluding hydrogens is 446 g/mol. The Kier molecular flexibility index (Phi) is 7.35. The molecule has 0 spiro atoms. The fraction of sp³-hybridized carbons (Fsp3) is 0.320. The Hall–Kier alpha value is -2.54. The Morgan fingerprint density at radius 2 is 2.00 bits per heavy atom. The molecule has 168 valence electrons. The lowest BCUT2D eigenvalue weighted by molar-refractivity contribution is -0.143. The first-order chi connectivity index (χ1) is 15.5. The van der Waals surface area contributed by atoms with Crippen molar-refractivity contribution in [3.8, 4) is 11.5 Å². The van der Waals surface area contributed by atoms with Crippen molar-refractivity contribution >= 4 is 28.9 Å². The molecule has 2 aromatic carbocycles. The van der Waals surface area contributed by atoms with Gasteiger partial charge in [0.15, 0.2) is 11.5 Å². The number of likely N-dealkylation sites (tertiary alicyclic amines) is 1. The van der Waals surface area contributed by atoms with Crippen LogP contribution in [0.1, 0.15) is 34.9 Å². The SMILES string of the molecule is COc1cc(C(c2ccc(Cl)s2)N2CCCC(C(=O)O)C2)ccc1OCc1ccccc1. The summed E-state index contributed by atoms with van der Waals surface area (Å²) < 4.78 is 12.4. The van der Waals surface area contributed by atoms with E-state index in [2.05, 4.69) is 4.90 Å². The van der Waals surface area contributed by atoms with Gasteiger partial charge in [0.2, 0.25) is 0 Å². The number of nitrogens with zero attached hydrogens (tertiary/aromatic N) is 1. The van der Waals surface area contributed by atoms with Gasteiger partial charge in [-0.05, 0) is 54.8 Å². The zero-order valence-electron chi connectivity index (χ0n) is 17.9. The second kappa shape index (κ2) is 10.4. The Morgan fingerprint density at radius 3 is 2.69 bits per heavy atom. The van der Waals surface area contributed by atoms with Gasteiger partial charge in [0.05, 0.1) is 23.4 Å². The molecule has 1 aromatic heterocycles. The third-order valence-electron chi connectivity index (χ3n) is 5.77. The number of carboxylic acids is 1. The maximum atomic E-state index is 11.7. The van der Waals surface area contributed by atoms with Crippen molar-refractivity contribution in [1.29, 1.82) is 0 Å². The third kappa shape index (κ3) is 5.26. The van der Waals surface area contributed by atoms with E-state index in [4.69, 9.17) is 21.1 Å². The van der Waals surface area contributed by atoms with Crippen LogP contribution < -0.4 is 9.47 Å². The molecule has 2 heterocycles. The summed E-state index contributed by atoms with van der Waals surface area (Å²) in [6.45, 7) is 1.79. The molecule has 32 heavy (non-hydrogen) atoms. The van der Waals surface area contributed by atoms with Gasteiger partial charge in [-0.2, -0.15) is 0 Å². The number of thiophene rings is 1. The number of ether oxygens (including phenoxy) is 2. The van der Waals surface area contributed by atoms with Gasteiger partial charge in [0.25, 0.3) is 0 Å². The molecule has 0 aliphatic carbocycles.